The minimum atomic E-state index is -1.83. The molecule has 0 aliphatic heterocycles. The fourth-order valence-corrected chi connectivity index (χ4v) is 0.566. The van der Waals surface area contributed by atoms with E-state index in [2.05, 4.69) is 12.6 Å². The molecule has 0 radical (unpaired) electrons. The Bertz CT molecular complexity index is 159. The van der Waals surface area contributed by atoms with E-state index in [-0.39, 0.29) is 6.29 Å². The molecule has 0 fully saturated rings. The normalized spacial score (nSPS) is 18.5. The molecular formula is C5H8O5S. The number of aldehydes is 1. The third kappa shape index (κ3) is 2.98. The molecule has 0 aromatic carbocycles. The first-order chi connectivity index (χ1) is 5.00. The molecule has 0 unspecified atom stereocenters. The molecule has 0 aromatic heterocycles. The lowest BCUT2D eigenvalue weighted by Gasteiger charge is -2.15. The summed E-state index contributed by atoms with van der Waals surface area (Å²) in [7, 11) is 0. The van der Waals surface area contributed by atoms with Crippen LogP contribution in [0.3, 0.4) is 0 Å². The van der Waals surface area contributed by atoms with Crippen LogP contribution >= 0.6 is 12.6 Å². The van der Waals surface area contributed by atoms with Gasteiger partial charge in [-0.3, -0.25) is 4.79 Å². The summed E-state index contributed by atoms with van der Waals surface area (Å²) < 4.78 is 0. The van der Waals surface area contributed by atoms with Crippen LogP contribution in [0.4, 0.5) is 0 Å². The van der Waals surface area contributed by atoms with Crippen molar-refractivity contribution in [2.75, 3.05) is 0 Å². The molecule has 0 aromatic rings. The molecule has 0 aliphatic rings. The molecule has 5 nitrogen and oxygen atoms in total. The molecule has 0 amide bonds. The van der Waals surface area contributed by atoms with Crippen molar-refractivity contribution in [2.24, 2.45) is 0 Å². The minimum absolute atomic E-state index is 0.0185. The molecule has 0 saturated heterocycles. The summed E-state index contributed by atoms with van der Waals surface area (Å²) >= 11 is 3.19. The van der Waals surface area contributed by atoms with Gasteiger partial charge in [-0.05, 0) is 0 Å². The zero-order chi connectivity index (χ0) is 9.02. The highest BCUT2D eigenvalue weighted by Crippen LogP contribution is 2.01. The average Bonchev–Trinajstić information content (AvgIpc) is 2.00. The lowest BCUT2D eigenvalue weighted by atomic mass is 10.1. The maximum Gasteiger partial charge on any atom is 0.217 e. The summed E-state index contributed by atoms with van der Waals surface area (Å²) in [5.74, 6) is 0. The van der Waals surface area contributed by atoms with Crippen molar-refractivity contribution in [2.45, 2.75) is 18.3 Å². The Kier molecular flexibility index (Phi) is 4.27. The Balaban J connectivity index is 4.11. The predicted molar refractivity (Wildman–Crippen MR) is 38.1 cm³/mol. The number of hydrogen-bond donors (Lipinski definition) is 4. The third-order valence-corrected chi connectivity index (χ3v) is 1.33. The highest BCUT2D eigenvalue weighted by molar-refractivity contribution is 7.96. The Morgan fingerprint density at radius 2 is 1.82 bits per heavy atom. The van der Waals surface area contributed by atoms with Crippen LogP contribution in [0.25, 0.3) is 0 Å². The van der Waals surface area contributed by atoms with Gasteiger partial charge in [-0.2, -0.15) is 0 Å². The molecule has 0 bridgehead atoms. The van der Waals surface area contributed by atoms with E-state index in [1.807, 2.05) is 0 Å². The topological polar surface area (TPSA) is 94.8 Å². The summed E-state index contributed by atoms with van der Waals surface area (Å²) in [5.41, 5.74) is 0. The fraction of sp³-hybridized carbons (Fsp3) is 0.600. The first kappa shape index (κ1) is 10.6. The van der Waals surface area contributed by atoms with Crippen molar-refractivity contribution in [3.63, 3.8) is 0 Å². The smallest absolute Gasteiger partial charge is 0.217 e. The zero-order valence-electron chi connectivity index (χ0n) is 5.41. The minimum Gasteiger partial charge on any atom is -0.387 e. The van der Waals surface area contributed by atoms with E-state index >= 15 is 0 Å². The summed E-state index contributed by atoms with van der Waals surface area (Å²) in [6, 6.07) is 0. The lowest BCUT2D eigenvalue weighted by Crippen LogP contribution is -2.41. The Hall–Kier alpha value is -0.430. The highest BCUT2D eigenvalue weighted by Gasteiger charge is 2.27. The summed E-state index contributed by atoms with van der Waals surface area (Å²) in [6.45, 7) is 0. The van der Waals surface area contributed by atoms with Gasteiger partial charge in [-0.1, -0.05) is 0 Å². The number of rotatable bonds is 4. The van der Waals surface area contributed by atoms with Crippen molar-refractivity contribution in [3.8, 4) is 0 Å². The summed E-state index contributed by atoms with van der Waals surface area (Å²) in [5, 5.41) is 25.0. The first-order valence-electron chi connectivity index (χ1n) is 2.73. The summed E-state index contributed by atoms with van der Waals surface area (Å²) in [4.78, 5) is 20.0. The van der Waals surface area contributed by atoms with Gasteiger partial charge in [0.2, 0.25) is 5.12 Å². The molecule has 11 heavy (non-hydrogen) atoms. The molecule has 0 rings (SSSR count). The molecule has 3 atom stereocenters. The molecule has 0 saturated carbocycles. The zero-order valence-corrected chi connectivity index (χ0v) is 6.31. The summed E-state index contributed by atoms with van der Waals surface area (Å²) in [6.07, 6.45) is -5.39. The molecule has 0 spiro atoms. The number of aliphatic hydroxyl groups is 3. The van der Waals surface area contributed by atoms with E-state index < -0.39 is 23.4 Å². The number of hydrogen-bond acceptors (Lipinski definition) is 5. The van der Waals surface area contributed by atoms with Gasteiger partial charge in [0.05, 0.1) is 0 Å². The second kappa shape index (κ2) is 4.45. The highest BCUT2D eigenvalue weighted by atomic mass is 32.1. The van der Waals surface area contributed by atoms with Crippen LogP contribution in [0.15, 0.2) is 0 Å². The van der Waals surface area contributed by atoms with E-state index in [0.29, 0.717) is 0 Å². The van der Waals surface area contributed by atoms with Gasteiger partial charge >= 0.3 is 0 Å². The fourth-order valence-electron chi connectivity index (χ4n) is 0.413. The number of thiol groups is 1. The maximum atomic E-state index is 10.2. The van der Waals surface area contributed by atoms with E-state index in [0.717, 1.165) is 0 Å². The second-order valence-corrected chi connectivity index (χ2v) is 2.34. The van der Waals surface area contributed by atoms with Crippen molar-refractivity contribution < 1.29 is 24.9 Å². The standard InChI is InChI=1S/C5H8O5S/c6-1-2(7)3(8)4(9)5(10)11/h1-4,7-9H,(H,10,11)/t2-,3-,4-/m0/s1. The van der Waals surface area contributed by atoms with E-state index in [1.165, 1.54) is 0 Å². The average molecular weight is 180 g/mol. The SMILES string of the molecule is O=C[C@H](O)[C@H](O)[C@H](O)C(=O)S. The molecule has 64 valence electrons. The van der Waals surface area contributed by atoms with Crippen LogP contribution < -0.4 is 0 Å². The van der Waals surface area contributed by atoms with Crippen molar-refractivity contribution in [3.05, 3.63) is 0 Å². The molecule has 6 heteroatoms. The van der Waals surface area contributed by atoms with E-state index in [1.54, 1.807) is 0 Å². The molecule has 0 aliphatic carbocycles. The van der Waals surface area contributed by atoms with Crippen LogP contribution in [0.2, 0.25) is 0 Å². The van der Waals surface area contributed by atoms with Crippen LogP contribution in [-0.2, 0) is 9.59 Å². The van der Waals surface area contributed by atoms with Crippen LogP contribution in [0, 0.1) is 0 Å². The third-order valence-electron chi connectivity index (χ3n) is 1.07. The Labute approximate surface area is 68.1 Å². The van der Waals surface area contributed by atoms with Gasteiger partial charge in [-0.15, -0.1) is 12.6 Å². The van der Waals surface area contributed by atoms with Gasteiger partial charge in [0, 0.05) is 0 Å². The van der Waals surface area contributed by atoms with Crippen molar-refractivity contribution in [1.82, 2.24) is 0 Å². The monoisotopic (exact) mass is 180 g/mol. The van der Waals surface area contributed by atoms with Gasteiger partial charge in [0.15, 0.2) is 12.4 Å². The first-order valence-corrected chi connectivity index (χ1v) is 3.17. The quantitative estimate of drug-likeness (QED) is 0.289. The van der Waals surface area contributed by atoms with E-state index in [9.17, 15) is 9.59 Å². The number of carbonyl (C=O) groups excluding carboxylic acids is 2. The Morgan fingerprint density at radius 3 is 2.09 bits per heavy atom. The molecular weight excluding hydrogens is 172 g/mol. The number of aliphatic hydroxyl groups excluding tert-OH is 3. The van der Waals surface area contributed by atoms with Crippen molar-refractivity contribution in [1.29, 1.82) is 0 Å². The van der Waals surface area contributed by atoms with Gasteiger partial charge in [-0.25, -0.2) is 0 Å². The largest absolute Gasteiger partial charge is 0.387 e. The predicted octanol–water partition coefficient (Wildman–Crippen LogP) is -2.28. The van der Waals surface area contributed by atoms with Gasteiger partial charge < -0.3 is 20.1 Å². The molecule has 3 N–H and O–H groups in total. The van der Waals surface area contributed by atoms with Crippen molar-refractivity contribution >= 4 is 24.0 Å². The van der Waals surface area contributed by atoms with Gasteiger partial charge in [0.1, 0.15) is 12.2 Å². The maximum absolute atomic E-state index is 10.2. The van der Waals surface area contributed by atoms with Gasteiger partial charge in [0.25, 0.3) is 0 Å². The Morgan fingerprint density at radius 1 is 1.36 bits per heavy atom. The van der Waals surface area contributed by atoms with E-state index in [4.69, 9.17) is 15.3 Å². The van der Waals surface area contributed by atoms with Crippen LogP contribution in [0.5, 0.6) is 0 Å². The second-order valence-electron chi connectivity index (χ2n) is 1.90. The van der Waals surface area contributed by atoms with Crippen LogP contribution in [0.1, 0.15) is 0 Å². The lowest BCUT2D eigenvalue weighted by molar-refractivity contribution is -0.135. The number of carbonyl (C=O) groups is 2. The molecule has 0 heterocycles. The van der Waals surface area contributed by atoms with Crippen LogP contribution in [-0.4, -0.2) is 45.0 Å².